The van der Waals surface area contributed by atoms with E-state index in [-0.39, 0.29) is 29.7 Å². The van der Waals surface area contributed by atoms with Crippen molar-refractivity contribution in [1.29, 1.82) is 0 Å². The van der Waals surface area contributed by atoms with Gasteiger partial charge in [0.25, 0.3) is 5.91 Å². The molecule has 3 aliphatic heterocycles. The van der Waals surface area contributed by atoms with Crippen LogP contribution >= 0.6 is 0 Å². The minimum atomic E-state index is -0.567. The summed E-state index contributed by atoms with van der Waals surface area (Å²) in [6, 6.07) is 5.31. The number of nitrogens with one attached hydrogen (secondary N) is 1. The molecule has 7 nitrogen and oxygen atoms in total. The van der Waals surface area contributed by atoms with E-state index in [1.54, 1.807) is 4.90 Å². The lowest BCUT2D eigenvalue weighted by molar-refractivity contribution is -0.136. The Kier molecular flexibility index (Phi) is 4.47. The fraction of sp³-hybridized carbons (Fsp3) is 0.591. The smallest absolute Gasteiger partial charge is 0.255 e. The Hall–Kier alpha value is -2.25. The number of amides is 3. The van der Waals surface area contributed by atoms with Crippen LogP contribution < -0.4 is 11.1 Å². The number of rotatable bonds is 3. The van der Waals surface area contributed by atoms with E-state index in [1.165, 1.54) is 12.8 Å². The van der Waals surface area contributed by atoms with Crippen LogP contribution in [0.2, 0.25) is 0 Å². The van der Waals surface area contributed by atoms with Crippen LogP contribution in [-0.4, -0.2) is 52.2 Å². The number of fused-ring (bicyclic) bond motifs is 3. The summed E-state index contributed by atoms with van der Waals surface area (Å²) >= 11 is 0. The zero-order valence-corrected chi connectivity index (χ0v) is 16.7. The van der Waals surface area contributed by atoms with Gasteiger partial charge in [0.2, 0.25) is 11.8 Å². The molecule has 3 fully saturated rings. The molecule has 4 aliphatic rings. The van der Waals surface area contributed by atoms with Gasteiger partial charge in [-0.2, -0.15) is 0 Å². The van der Waals surface area contributed by atoms with E-state index in [9.17, 15) is 14.4 Å². The molecule has 2 bridgehead atoms. The molecule has 3 heterocycles. The third kappa shape index (κ3) is 3.36. The average Bonchev–Trinajstić information content (AvgIpc) is 2.99. The van der Waals surface area contributed by atoms with Gasteiger partial charge in [-0.3, -0.25) is 24.6 Å². The lowest BCUT2D eigenvalue weighted by Gasteiger charge is -2.48. The first-order valence-corrected chi connectivity index (χ1v) is 10.7. The van der Waals surface area contributed by atoms with Crippen LogP contribution in [0.1, 0.15) is 60.0 Å². The van der Waals surface area contributed by atoms with Gasteiger partial charge in [-0.25, -0.2) is 0 Å². The summed E-state index contributed by atoms with van der Waals surface area (Å²) in [6.45, 7) is 3.18. The van der Waals surface area contributed by atoms with Gasteiger partial charge in [-0.05, 0) is 48.8 Å². The van der Waals surface area contributed by atoms with Crippen molar-refractivity contribution in [1.82, 2.24) is 15.1 Å². The molecule has 0 aromatic heterocycles. The van der Waals surface area contributed by atoms with E-state index < -0.39 is 6.04 Å². The Morgan fingerprint density at radius 2 is 2.07 bits per heavy atom. The first-order chi connectivity index (χ1) is 13.9. The molecule has 7 heteroatoms. The van der Waals surface area contributed by atoms with Gasteiger partial charge >= 0.3 is 0 Å². The number of hydrogen-bond donors (Lipinski definition) is 2. The quantitative estimate of drug-likeness (QED) is 0.748. The minimum absolute atomic E-state index is 0.0757. The highest BCUT2D eigenvalue weighted by Crippen LogP contribution is 2.37. The van der Waals surface area contributed by atoms with Crippen LogP contribution in [0.15, 0.2) is 18.2 Å². The normalized spacial score (nSPS) is 32.3. The monoisotopic (exact) mass is 396 g/mol. The molecule has 1 aromatic rings. The van der Waals surface area contributed by atoms with E-state index in [4.69, 9.17) is 5.73 Å². The molecule has 1 aliphatic carbocycles. The van der Waals surface area contributed by atoms with Gasteiger partial charge in [0.15, 0.2) is 0 Å². The molecule has 1 saturated carbocycles. The molecule has 3 atom stereocenters. The number of piperidine rings is 2. The number of carbonyl (C=O) groups excluding carboxylic acids is 3. The highest BCUT2D eigenvalue weighted by Gasteiger charge is 2.42. The second-order valence-electron chi connectivity index (χ2n) is 9.34. The molecular formula is C22H28N4O3. The Bertz CT molecular complexity index is 885. The zero-order chi connectivity index (χ0) is 20.2. The second kappa shape index (κ2) is 6.92. The molecular weight excluding hydrogens is 368 g/mol. The average molecular weight is 396 g/mol. The summed E-state index contributed by atoms with van der Waals surface area (Å²) in [5.41, 5.74) is 9.43. The fourth-order valence-electron chi connectivity index (χ4n) is 5.86. The minimum Gasteiger partial charge on any atom is -0.324 e. The first-order valence-electron chi connectivity index (χ1n) is 10.7. The van der Waals surface area contributed by atoms with Gasteiger partial charge in [0.05, 0.1) is 0 Å². The number of hydrogen-bond acceptors (Lipinski definition) is 5. The summed E-state index contributed by atoms with van der Waals surface area (Å²) in [5, 5.41) is 2.37. The summed E-state index contributed by atoms with van der Waals surface area (Å²) in [7, 11) is 0. The van der Waals surface area contributed by atoms with Crippen molar-refractivity contribution in [3.05, 3.63) is 34.9 Å². The molecule has 1 aromatic carbocycles. The maximum absolute atomic E-state index is 13.0. The van der Waals surface area contributed by atoms with Crippen molar-refractivity contribution < 1.29 is 14.4 Å². The van der Waals surface area contributed by atoms with Gasteiger partial charge < -0.3 is 10.6 Å². The van der Waals surface area contributed by atoms with Crippen molar-refractivity contribution >= 4 is 17.7 Å². The van der Waals surface area contributed by atoms with E-state index in [0.29, 0.717) is 24.4 Å². The fourth-order valence-corrected chi connectivity index (χ4v) is 5.86. The molecule has 3 unspecified atom stereocenters. The van der Waals surface area contributed by atoms with Crippen molar-refractivity contribution in [2.24, 2.45) is 11.7 Å². The summed E-state index contributed by atoms with van der Waals surface area (Å²) in [4.78, 5) is 40.8. The van der Waals surface area contributed by atoms with Crippen LogP contribution in [-0.2, 0) is 22.7 Å². The van der Waals surface area contributed by atoms with E-state index >= 15 is 0 Å². The largest absolute Gasteiger partial charge is 0.324 e. The summed E-state index contributed by atoms with van der Waals surface area (Å²) in [5.74, 6) is -0.0663. The van der Waals surface area contributed by atoms with Crippen LogP contribution in [0, 0.1) is 5.92 Å². The van der Waals surface area contributed by atoms with Gasteiger partial charge in [0.1, 0.15) is 6.04 Å². The van der Waals surface area contributed by atoms with E-state index in [0.717, 1.165) is 43.6 Å². The topological polar surface area (TPSA) is 95.7 Å². The predicted octanol–water partition coefficient (Wildman–Crippen LogP) is 1.15. The SMILES string of the molecule is NC12CCCC(CN(Cc3cccc4c3CN(C3CCC(=O)NC3=O)C4=O)C1)C2. The molecule has 3 N–H and O–H groups in total. The number of nitrogens with zero attached hydrogens (tertiary/aromatic N) is 2. The molecule has 0 spiro atoms. The van der Waals surface area contributed by atoms with Crippen molar-refractivity contribution in [3.8, 4) is 0 Å². The molecule has 3 amide bonds. The summed E-state index contributed by atoms with van der Waals surface area (Å²) in [6.07, 6.45) is 5.36. The number of benzene rings is 1. The molecule has 29 heavy (non-hydrogen) atoms. The maximum atomic E-state index is 13.0. The van der Waals surface area contributed by atoms with Crippen LogP contribution in [0.4, 0.5) is 0 Å². The summed E-state index contributed by atoms with van der Waals surface area (Å²) < 4.78 is 0. The van der Waals surface area contributed by atoms with Crippen LogP contribution in [0.5, 0.6) is 0 Å². The maximum Gasteiger partial charge on any atom is 0.255 e. The highest BCUT2D eigenvalue weighted by molar-refractivity contribution is 6.05. The standard InChI is InChI=1S/C22H28N4O3/c23-22-8-2-3-14(9-22)10-25(13-22)11-15-4-1-5-16-17(15)12-26(21(16)29)18-6-7-19(27)24-20(18)28/h1,4-5,14,18H,2-3,6-13,23H2,(H,24,27,28). The third-order valence-electron chi connectivity index (χ3n) is 7.11. The number of carbonyl (C=O) groups is 3. The number of imide groups is 1. The predicted molar refractivity (Wildman–Crippen MR) is 107 cm³/mol. The zero-order valence-electron chi connectivity index (χ0n) is 16.7. The van der Waals surface area contributed by atoms with Crippen molar-refractivity contribution in [2.75, 3.05) is 13.1 Å². The Balaban J connectivity index is 1.36. The molecule has 2 saturated heterocycles. The van der Waals surface area contributed by atoms with Crippen molar-refractivity contribution in [3.63, 3.8) is 0 Å². The Morgan fingerprint density at radius 1 is 1.21 bits per heavy atom. The lowest BCUT2D eigenvalue weighted by atomic mass is 9.73. The Morgan fingerprint density at radius 3 is 2.86 bits per heavy atom. The third-order valence-corrected chi connectivity index (χ3v) is 7.11. The van der Waals surface area contributed by atoms with Crippen LogP contribution in [0.25, 0.3) is 0 Å². The van der Waals surface area contributed by atoms with Crippen molar-refractivity contribution in [2.45, 2.75) is 63.2 Å². The molecule has 0 radical (unpaired) electrons. The number of likely N-dealkylation sites (tertiary alicyclic amines) is 1. The van der Waals surface area contributed by atoms with Crippen LogP contribution in [0.3, 0.4) is 0 Å². The van der Waals surface area contributed by atoms with E-state index in [1.807, 2.05) is 12.1 Å². The first kappa shape index (κ1) is 18.8. The van der Waals surface area contributed by atoms with Gasteiger partial charge in [-0.1, -0.05) is 18.6 Å². The lowest BCUT2D eigenvalue weighted by Crippen LogP contribution is -2.58. The Labute approximate surface area is 170 Å². The highest BCUT2D eigenvalue weighted by atomic mass is 16.2. The molecule has 154 valence electrons. The van der Waals surface area contributed by atoms with E-state index in [2.05, 4.69) is 16.3 Å². The number of nitrogens with two attached hydrogens (primary N) is 1. The van der Waals surface area contributed by atoms with Gasteiger partial charge in [0, 0.05) is 43.7 Å². The molecule has 5 rings (SSSR count). The van der Waals surface area contributed by atoms with Gasteiger partial charge in [-0.15, -0.1) is 0 Å². The second-order valence-corrected chi connectivity index (χ2v) is 9.34.